The topological polar surface area (TPSA) is 55.3 Å². The molecule has 0 aromatic rings. The van der Waals surface area contributed by atoms with Gasteiger partial charge in [0.05, 0.1) is 24.4 Å². The van der Waals surface area contributed by atoms with Gasteiger partial charge >= 0.3 is 0 Å². The van der Waals surface area contributed by atoms with Crippen molar-refractivity contribution >= 4 is 29.9 Å². The summed E-state index contributed by atoms with van der Waals surface area (Å²) in [5.41, 5.74) is 0.0180. The number of nitrogens with zero attached hydrogens (tertiary/aromatic N) is 2. The molecule has 2 heterocycles. The van der Waals surface area contributed by atoms with E-state index in [1.54, 1.807) is 0 Å². The van der Waals surface area contributed by atoms with Crippen LogP contribution in [0.25, 0.3) is 0 Å². The van der Waals surface area contributed by atoms with Crippen LogP contribution in [0, 0.1) is 5.41 Å². The standard InChI is InChI=1S/C21H39N3O3.HI/c1-6-22-19(23-18-14-21(4,25-5)20(18,2)3)24-11-9-16(10-12-24)27-15-17-8-7-13-26-17;/h16-18H,6-15H2,1-5H3,(H,22,23);1H. The highest BCUT2D eigenvalue weighted by atomic mass is 127. The molecule has 0 amide bonds. The van der Waals surface area contributed by atoms with E-state index in [9.17, 15) is 0 Å². The lowest BCUT2D eigenvalue weighted by Gasteiger charge is -2.59. The van der Waals surface area contributed by atoms with Crippen molar-refractivity contribution in [3.63, 3.8) is 0 Å². The predicted octanol–water partition coefficient (Wildman–Crippen LogP) is 3.43. The highest BCUT2D eigenvalue weighted by molar-refractivity contribution is 14.0. The Bertz CT molecular complexity index is 517. The first kappa shape index (κ1) is 24.2. The summed E-state index contributed by atoms with van der Waals surface area (Å²) in [6.07, 6.45) is 6.12. The third-order valence-corrected chi connectivity index (χ3v) is 7.17. The number of methoxy groups -OCH3 is 1. The van der Waals surface area contributed by atoms with E-state index in [4.69, 9.17) is 19.2 Å². The molecule has 164 valence electrons. The molecular formula is C21H40IN3O3. The van der Waals surface area contributed by atoms with Crippen molar-refractivity contribution in [1.29, 1.82) is 0 Å². The van der Waals surface area contributed by atoms with Crippen LogP contribution in [-0.2, 0) is 14.2 Å². The lowest BCUT2D eigenvalue weighted by atomic mass is 9.56. The molecule has 0 radical (unpaired) electrons. The third-order valence-electron chi connectivity index (χ3n) is 7.17. The number of guanidine groups is 1. The fourth-order valence-corrected chi connectivity index (χ4v) is 4.52. The first-order valence-electron chi connectivity index (χ1n) is 10.7. The second-order valence-corrected chi connectivity index (χ2v) is 9.01. The van der Waals surface area contributed by atoms with Crippen LogP contribution in [0.3, 0.4) is 0 Å². The Hall–Kier alpha value is -0.120. The van der Waals surface area contributed by atoms with Gasteiger partial charge in [-0.15, -0.1) is 24.0 Å². The molecule has 3 fully saturated rings. The summed E-state index contributed by atoms with van der Waals surface area (Å²) in [5.74, 6) is 1.05. The van der Waals surface area contributed by atoms with Gasteiger partial charge in [-0.25, -0.2) is 0 Å². The molecule has 2 aliphatic heterocycles. The highest BCUT2D eigenvalue weighted by Crippen LogP contribution is 2.51. The van der Waals surface area contributed by atoms with Crippen LogP contribution in [0.5, 0.6) is 0 Å². The number of likely N-dealkylation sites (tertiary alicyclic amines) is 1. The average Bonchev–Trinajstić information content (AvgIpc) is 3.19. The molecule has 3 atom stereocenters. The number of hydrogen-bond acceptors (Lipinski definition) is 4. The largest absolute Gasteiger partial charge is 0.378 e. The SMILES string of the molecule is CCN=C(NC1CC(C)(OC)C1(C)C)N1CCC(OCC2CCCO2)CC1.I. The van der Waals surface area contributed by atoms with Gasteiger partial charge in [0.2, 0.25) is 0 Å². The molecular weight excluding hydrogens is 469 g/mol. The zero-order chi connectivity index (χ0) is 19.5. The molecule has 0 bridgehead atoms. The van der Waals surface area contributed by atoms with E-state index in [0.29, 0.717) is 18.2 Å². The van der Waals surface area contributed by atoms with E-state index >= 15 is 0 Å². The molecule has 28 heavy (non-hydrogen) atoms. The smallest absolute Gasteiger partial charge is 0.194 e. The van der Waals surface area contributed by atoms with Crippen molar-refractivity contribution in [2.45, 2.75) is 83.6 Å². The van der Waals surface area contributed by atoms with E-state index in [1.165, 1.54) is 6.42 Å². The lowest BCUT2D eigenvalue weighted by Crippen LogP contribution is -2.69. The summed E-state index contributed by atoms with van der Waals surface area (Å²) >= 11 is 0. The Morgan fingerprint density at radius 1 is 1.21 bits per heavy atom. The van der Waals surface area contributed by atoms with Gasteiger partial charge in [0, 0.05) is 44.8 Å². The molecule has 2 saturated heterocycles. The Labute approximate surface area is 188 Å². The second kappa shape index (κ2) is 10.3. The van der Waals surface area contributed by atoms with Crippen molar-refractivity contribution in [2.24, 2.45) is 10.4 Å². The van der Waals surface area contributed by atoms with E-state index in [2.05, 4.69) is 37.9 Å². The van der Waals surface area contributed by atoms with Crippen LogP contribution in [0.1, 0.15) is 59.8 Å². The number of halogens is 1. The molecule has 1 saturated carbocycles. The van der Waals surface area contributed by atoms with Crippen LogP contribution < -0.4 is 5.32 Å². The normalized spacial score (nSPS) is 33.3. The van der Waals surface area contributed by atoms with Gasteiger partial charge in [-0.05, 0) is 46.0 Å². The molecule has 0 aromatic heterocycles. The Morgan fingerprint density at radius 2 is 1.93 bits per heavy atom. The zero-order valence-electron chi connectivity index (χ0n) is 18.3. The summed E-state index contributed by atoms with van der Waals surface area (Å²) in [6, 6.07) is 0.390. The maximum absolute atomic E-state index is 6.11. The van der Waals surface area contributed by atoms with Crippen LogP contribution in [0.15, 0.2) is 4.99 Å². The van der Waals surface area contributed by atoms with Gasteiger partial charge in [-0.2, -0.15) is 0 Å². The van der Waals surface area contributed by atoms with Gasteiger partial charge in [0.25, 0.3) is 0 Å². The maximum atomic E-state index is 6.11. The maximum Gasteiger partial charge on any atom is 0.194 e. The molecule has 0 aromatic carbocycles. The quantitative estimate of drug-likeness (QED) is 0.338. The summed E-state index contributed by atoms with van der Waals surface area (Å²) in [4.78, 5) is 7.17. The lowest BCUT2D eigenvalue weighted by molar-refractivity contribution is -0.177. The highest BCUT2D eigenvalue weighted by Gasteiger charge is 2.58. The summed E-state index contributed by atoms with van der Waals surface area (Å²) in [5, 5.41) is 3.73. The minimum atomic E-state index is -0.0644. The van der Waals surface area contributed by atoms with Crippen molar-refractivity contribution in [1.82, 2.24) is 10.2 Å². The summed E-state index contributed by atoms with van der Waals surface area (Å²) < 4.78 is 17.6. The van der Waals surface area contributed by atoms with E-state index in [1.807, 2.05) is 7.11 Å². The van der Waals surface area contributed by atoms with Crippen molar-refractivity contribution in [2.75, 3.05) is 40.0 Å². The van der Waals surface area contributed by atoms with Gasteiger partial charge in [0.1, 0.15) is 0 Å². The fraction of sp³-hybridized carbons (Fsp3) is 0.952. The van der Waals surface area contributed by atoms with E-state index < -0.39 is 0 Å². The predicted molar refractivity (Wildman–Crippen MR) is 124 cm³/mol. The van der Waals surface area contributed by atoms with Crippen LogP contribution in [-0.4, -0.2) is 74.7 Å². The molecule has 3 rings (SSSR count). The minimum Gasteiger partial charge on any atom is -0.378 e. The van der Waals surface area contributed by atoms with Crippen molar-refractivity contribution in [3.8, 4) is 0 Å². The van der Waals surface area contributed by atoms with Crippen LogP contribution >= 0.6 is 24.0 Å². The van der Waals surface area contributed by atoms with E-state index in [-0.39, 0.29) is 35.0 Å². The molecule has 6 nitrogen and oxygen atoms in total. The Morgan fingerprint density at radius 3 is 2.46 bits per heavy atom. The van der Waals surface area contributed by atoms with Gasteiger partial charge < -0.3 is 24.4 Å². The first-order valence-corrected chi connectivity index (χ1v) is 10.7. The zero-order valence-corrected chi connectivity index (χ0v) is 20.7. The molecule has 3 aliphatic rings. The average molecular weight is 509 g/mol. The monoisotopic (exact) mass is 509 g/mol. The van der Waals surface area contributed by atoms with Gasteiger partial charge in [-0.3, -0.25) is 4.99 Å². The fourth-order valence-electron chi connectivity index (χ4n) is 4.52. The Kier molecular flexibility index (Phi) is 8.85. The number of hydrogen-bond donors (Lipinski definition) is 1. The second-order valence-electron chi connectivity index (χ2n) is 9.01. The minimum absolute atomic E-state index is 0. The van der Waals surface area contributed by atoms with Crippen molar-refractivity contribution < 1.29 is 14.2 Å². The molecule has 3 unspecified atom stereocenters. The number of aliphatic imine (C=N–C) groups is 1. The third kappa shape index (κ3) is 5.13. The Balaban J connectivity index is 0.00000280. The van der Waals surface area contributed by atoms with Crippen LogP contribution in [0.4, 0.5) is 0 Å². The van der Waals surface area contributed by atoms with Crippen LogP contribution in [0.2, 0.25) is 0 Å². The number of ether oxygens (including phenoxy) is 3. The first-order chi connectivity index (χ1) is 12.9. The number of rotatable bonds is 6. The molecule has 0 spiro atoms. The molecule has 1 N–H and O–H groups in total. The summed E-state index contributed by atoms with van der Waals surface area (Å²) in [6.45, 7) is 13.3. The summed E-state index contributed by atoms with van der Waals surface area (Å²) in [7, 11) is 1.82. The molecule has 1 aliphatic carbocycles. The molecule has 7 heteroatoms. The number of nitrogens with one attached hydrogen (secondary N) is 1. The van der Waals surface area contributed by atoms with E-state index in [0.717, 1.165) is 64.5 Å². The van der Waals surface area contributed by atoms with Gasteiger partial charge in [-0.1, -0.05) is 13.8 Å². The van der Waals surface area contributed by atoms with Crippen molar-refractivity contribution in [3.05, 3.63) is 0 Å². The number of piperidine rings is 1. The van der Waals surface area contributed by atoms with Gasteiger partial charge in [0.15, 0.2) is 5.96 Å².